The fraction of sp³-hybridized carbons (Fsp3) is 0.625. The average molecular weight is 423 g/mol. The van der Waals surface area contributed by atoms with Crippen LogP contribution in [0, 0.1) is 13.8 Å². The van der Waals surface area contributed by atoms with Crippen LogP contribution in [0.15, 0.2) is 18.7 Å². The summed E-state index contributed by atoms with van der Waals surface area (Å²) in [6.07, 6.45) is 14.5. The smallest absolute Gasteiger partial charge is 0.226 e. The van der Waals surface area contributed by atoms with Crippen molar-refractivity contribution in [3.63, 3.8) is 0 Å². The van der Waals surface area contributed by atoms with Crippen molar-refractivity contribution in [3.05, 3.63) is 35.5 Å². The molecule has 0 N–H and O–H groups in total. The highest BCUT2D eigenvalue weighted by atomic mass is 16.5. The van der Waals surface area contributed by atoms with E-state index in [0.717, 1.165) is 49.4 Å². The maximum absolute atomic E-state index is 6.50. The summed E-state index contributed by atoms with van der Waals surface area (Å²) in [5.74, 6) is 0.769. The van der Waals surface area contributed by atoms with E-state index >= 15 is 0 Å². The van der Waals surface area contributed by atoms with Crippen molar-refractivity contribution < 1.29 is 4.74 Å². The van der Waals surface area contributed by atoms with Gasteiger partial charge >= 0.3 is 0 Å². The van der Waals surface area contributed by atoms with Crippen LogP contribution >= 0.6 is 0 Å². The number of aryl methyl sites for hydroxylation is 2. The largest absolute Gasteiger partial charge is 0.474 e. The number of hydrogen-bond acceptors (Lipinski definition) is 5. The van der Waals surface area contributed by atoms with E-state index in [-0.39, 0.29) is 6.10 Å². The molecule has 1 aliphatic carbocycles. The second kappa shape index (κ2) is 8.61. The molecule has 7 nitrogen and oxygen atoms in total. The first kappa shape index (κ1) is 20.5. The minimum atomic E-state index is 0.209. The third kappa shape index (κ3) is 4.07. The number of fused-ring (bicyclic) bond motifs is 1. The van der Waals surface area contributed by atoms with E-state index in [9.17, 15) is 0 Å². The van der Waals surface area contributed by atoms with Crippen LogP contribution in [0.4, 0.5) is 0 Å². The molecule has 0 atom stereocenters. The summed E-state index contributed by atoms with van der Waals surface area (Å²) in [5, 5.41) is 5.40. The molecule has 31 heavy (non-hydrogen) atoms. The number of piperidine rings is 1. The molecule has 2 aliphatic rings. The average Bonchev–Trinajstić information content (AvgIpc) is 3.31. The van der Waals surface area contributed by atoms with Crippen LogP contribution in [0.2, 0.25) is 0 Å². The van der Waals surface area contributed by atoms with Gasteiger partial charge < -0.3 is 9.30 Å². The number of likely N-dealkylation sites (tertiary alicyclic amines) is 1. The molecule has 3 aromatic rings. The number of ether oxygens (including phenoxy) is 1. The first-order valence-electron chi connectivity index (χ1n) is 11.8. The van der Waals surface area contributed by atoms with E-state index in [2.05, 4.69) is 39.6 Å². The topological polar surface area (TPSA) is 61.0 Å². The summed E-state index contributed by atoms with van der Waals surface area (Å²) < 4.78 is 10.8. The van der Waals surface area contributed by atoms with Crippen molar-refractivity contribution in [2.75, 3.05) is 13.1 Å². The van der Waals surface area contributed by atoms with Crippen LogP contribution in [0.25, 0.3) is 11.0 Å². The van der Waals surface area contributed by atoms with Gasteiger partial charge in [-0.25, -0.2) is 9.97 Å². The van der Waals surface area contributed by atoms with Gasteiger partial charge in [0, 0.05) is 50.2 Å². The molecule has 0 aromatic carbocycles. The minimum absolute atomic E-state index is 0.209. The second-order valence-corrected chi connectivity index (χ2v) is 9.37. The van der Waals surface area contributed by atoms with E-state index in [4.69, 9.17) is 9.72 Å². The molecule has 166 valence electrons. The predicted molar refractivity (Wildman–Crippen MR) is 121 cm³/mol. The summed E-state index contributed by atoms with van der Waals surface area (Å²) >= 11 is 0. The lowest BCUT2D eigenvalue weighted by atomic mass is 9.95. The van der Waals surface area contributed by atoms with Gasteiger partial charge in [-0.05, 0) is 45.1 Å². The molecule has 0 radical (unpaired) electrons. The molecule has 0 bridgehead atoms. The molecule has 0 spiro atoms. The van der Waals surface area contributed by atoms with Crippen LogP contribution in [0.1, 0.15) is 67.8 Å². The summed E-state index contributed by atoms with van der Waals surface area (Å²) in [4.78, 5) is 11.8. The SMILES string of the molecule is Cc1c(C)n(C2CCCCC2)c2ncnc(OC3CCN(Cc4cnn(C)c4)CC3)c12. The van der Waals surface area contributed by atoms with Gasteiger partial charge in [-0.15, -0.1) is 0 Å². The van der Waals surface area contributed by atoms with Crippen LogP contribution in [-0.4, -0.2) is 48.4 Å². The fourth-order valence-corrected chi connectivity index (χ4v) is 5.42. The van der Waals surface area contributed by atoms with E-state index in [1.165, 1.54) is 48.9 Å². The molecule has 5 rings (SSSR count). The maximum atomic E-state index is 6.50. The lowest BCUT2D eigenvalue weighted by molar-refractivity contribution is 0.0944. The van der Waals surface area contributed by atoms with Crippen LogP contribution in [0.5, 0.6) is 5.88 Å². The molecule has 1 aliphatic heterocycles. The minimum Gasteiger partial charge on any atom is -0.474 e. The highest BCUT2D eigenvalue weighted by Crippen LogP contribution is 2.37. The van der Waals surface area contributed by atoms with Gasteiger partial charge in [0.05, 0.1) is 11.6 Å². The number of nitrogens with zero attached hydrogens (tertiary/aromatic N) is 6. The highest BCUT2D eigenvalue weighted by molar-refractivity contribution is 5.86. The van der Waals surface area contributed by atoms with Crippen LogP contribution in [-0.2, 0) is 13.6 Å². The number of rotatable bonds is 5. The monoisotopic (exact) mass is 422 g/mol. The van der Waals surface area contributed by atoms with E-state index in [1.807, 2.05) is 17.9 Å². The molecular weight excluding hydrogens is 388 g/mol. The summed E-state index contributed by atoms with van der Waals surface area (Å²) in [6, 6.07) is 0.559. The van der Waals surface area contributed by atoms with Gasteiger partial charge in [0.25, 0.3) is 0 Å². The van der Waals surface area contributed by atoms with Gasteiger partial charge in [-0.3, -0.25) is 9.58 Å². The van der Waals surface area contributed by atoms with Gasteiger partial charge in [-0.2, -0.15) is 5.10 Å². The predicted octanol–water partition coefficient (Wildman–Crippen LogP) is 4.33. The third-order valence-electron chi connectivity index (χ3n) is 7.22. The maximum Gasteiger partial charge on any atom is 0.226 e. The zero-order valence-corrected chi connectivity index (χ0v) is 19.0. The molecule has 1 saturated heterocycles. The van der Waals surface area contributed by atoms with E-state index < -0.39 is 0 Å². The van der Waals surface area contributed by atoms with Crippen molar-refractivity contribution >= 4 is 11.0 Å². The highest BCUT2D eigenvalue weighted by Gasteiger charge is 2.26. The van der Waals surface area contributed by atoms with Gasteiger partial charge in [0.1, 0.15) is 18.1 Å². The van der Waals surface area contributed by atoms with Crippen molar-refractivity contribution in [2.45, 2.75) is 77.5 Å². The van der Waals surface area contributed by atoms with Gasteiger partial charge in [-0.1, -0.05) is 19.3 Å². The lowest BCUT2D eigenvalue weighted by Crippen LogP contribution is -2.37. The summed E-state index contributed by atoms with van der Waals surface area (Å²) in [6.45, 7) is 7.46. The first-order valence-corrected chi connectivity index (χ1v) is 11.8. The second-order valence-electron chi connectivity index (χ2n) is 9.37. The van der Waals surface area contributed by atoms with Gasteiger partial charge in [0.15, 0.2) is 0 Å². The van der Waals surface area contributed by atoms with Crippen molar-refractivity contribution in [2.24, 2.45) is 7.05 Å². The van der Waals surface area contributed by atoms with Crippen molar-refractivity contribution in [3.8, 4) is 5.88 Å². The normalized spacial score (nSPS) is 19.3. The standard InChI is InChI=1S/C24H34N6O/c1-17-18(2)30(20-7-5-4-6-8-20)23-22(17)24(26-16-25-23)31-21-9-11-29(12-10-21)15-19-13-27-28(3)14-19/h13-14,16,20-21H,4-12,15H2,1-3H3. The molecule has 4 heterocycles. The molecule has 0 unspecified atom stereocenters. The van der Waals surface area contributed by atoms with Crippen LogP contribution < -0.4 is 4.74 Å². The molecule has 7 heteroatoms. The number of aromatic nitrogens is 5. The Kier molecular flexibility index (Phi) is 5.69. The summed E-state index contributed by atoms with van der Waals surface area (Å²) in [5.41, 5.74) is 4.92. The third-order valence-corrected chi connectivity index (χ3v) is 7.22. The Morgan fingerprint density at radius 1 is 1.03 bits per heavy atom. The Labute approximate surface area is 184 Å². The quantitative estimate of drug-likeness (QED) is 0.612. The summed E-state index contributed by atoms with van der Waals surface area (Å²) in [7, 11) is 1.97. The molecule has 0 amide bonds. The molecular formula is C24H34N6O. The zero-order chi connectivity index (χ0) is 21.4. The molecule has 2 fully saturated rings. The fourth-order valence-electron chi connectivity index (χ4n) is 5.42. The Morgan fingerprint density at radius 2 is 1.81 bits per heavy atom. The van der Waals surface area contributed by atoms with Crippen LogP contribution in [0.3, 0.4) is 0 Å². The van der Waals surface area contributed by atoms with Crippen molar-refractivity contribution in [1.29, 1.82) is 0 Å². The first-order chi connectivity index (χ1) is 15.1. The van der Waals surface area contributed by atoms with E-state index in [0.29, 0.717) is 6.04 Å². The lowest BCUT2D eigenvalue weighted by Gasteiger charge is -2.31. The Balaban J connectivity index is 1.31. The zero-order valence-electron chi connectivity index (χ0n) is 19.0. The Morgan fingerprint density at radius 3 is 2.52 bits per heavy atom. The molecule has 1 saturated carbocycles. The van der Waals surface area contributed by atoms with E-state index in [1.54, 1.807) is 6.33 Å². The van der Waals surface area contributed by atoms with Crippen molar-refractivity contribution in [1.82, 2.24) is 29.2 Å². The molecule has 3 aromatic heterocycles. The van der Waals surface area contributed by atoms with Gasteiger partial charge in [0.2, 0.25) is 5.88 Å². The Hall–Kier alpha value is -2.41. The number of hydrogen-bond donors (Lipinski definition) is 0. The Bertz CT molecular complexity index is 1040.